The van der Waals surface area contributed by atoms with Gasteiger partial charge in [-0.15, -0.1) is 0 Å². The molecule has 0 radical (unpaired) electrons. The molecule has 2 heteroatoms. The van der Waals surface area contributed by atoms with E-state index in [4.69, 9.17) is 11.6 Å². The molecule has 12 heavy (non-hydrogen) atoms. The number of carbonyl (C=O) groups excluding carboxylic acids is 1. The maximum absolute atomic E-state index is 10.9. The van der Waals surface area contributed by atoms with Crippen LogP contribution in [-0.4, -0.2) is 5.24 Å². The highest BCUT2D eigenvalue weighted by atomic mass is 35.5. The minimum Gasteiger partial charge on any atom is -0.281 e. The van der Waals surface area contributed by atoms with Crippen LogP contribution in [0.15, 0.2) is 0 Å². The Morgan fingerprint density at radius 2 is 2.00 bits per heavy atom. The summed E-state index contributed by atoms with van der Waals surface area (Å²) >= 11 is 5.45. The van der Waals surface area contributed by atoms with E-state index >= 15 is 0 Å². The zero-order chi connectivity index (χ0) is 9.78. The third kappa shape index (κ3) is 3.57. The van der Waals surface area contributed by atoms with Crippen molar-refractivity contribution >= 4 is 16.8 Å². The molecule has 0 aromatic carbocycles. The molecule has 1 atom stereocenters. The monoisotopic (exact) mass is 190 g/mol. The minimum absolute atomic E-state index is 0.0364. The van der Waals surface area contributed by atoms with Crippen LogP contribution in [0.5, 0.6) is 0 Å². The van der Waals surface area contributed by atoms with Crippen LogP contribution in [0.3, 0.4) is 0 Å². The van der Waals surface area contributed by atoms with E-state index in [1.54, 1.807) is 0 Å². The molecule has 0 heterocycles. The van der Waals surface area contributed by atoms with E-state index in [9.17, 15) is 4.79 Å². The van der Waals surface area contributed by atoms with Gasteiger partial charge in [0.15, 0.2) is 0 Å². The number of carbonyl (C=O) groups is 1. The normalized spacial score (nSPS) is 14.4. The molecule has 1 unspecified atom stereocenters. The lowest BCUT2D eigenvalue weighted by Gasteiger charge is -2.29. The van der Waals surface area contributed by atoms with E-state index < -0.39 is 0 Å². The predicted molar refractivity (Wildman–Crippen MR) is 53.3 cm³/mol. The van der Waals surface area contributed by atoms with Crippen LogP contribution >= 0.6 is 11.6 Å². The Balaban J connectivity index is 4.08. The van der Waals surface area contributed by atoms with E-state index in [-0.39, 0.29) is 16.6 Å². The maximum atomic E-state index is 10.9. The first-order valence-electron chi connectivity index (χ1n) is 4.61. The largest absolute Gasteiger partial charge is 0.281 e. The molecule has 1 nitrogen and oxygen atoms in total. The molecular weight excluding hydrogens is 172 g/mol. The first-order valence-corrected chi connectivity index (χ1v) is 4.99. The molecule has 0 bridgehead atoms. The molecule has 0 saturated heterocycles. The first-order chi connectivity index (χ1) is 5.41. The Kier molecular flexibility index (Phi) is 4.84. The second kappa shape index (κ2) is 4.86. The summed E-state index contributed by atoms with van der Waals surface area (Å²) in [4.78, 5) is 10.9. The lowest BCUT2D eigenvalue weighted by Crippen LogP contribution is -2.25. The highest BCUT2D eigenvalue weighted by Crippen LogP contribution is 2.33. The van der Waals surface area contributed by atoms with Gasteiger partial charge < -0.3 is 0 Å². The number of halogens is 1. The molecule has 72 valence electrons. The van der Waals surface area contributed by atoms with E-state index in [1.807, 2.05) is 6.92 Å². The Morgan fingerprint density at radius 1 is 1.50 bits per heavy atom. The van der Waals surface area contributed by atoms with Gasteiger partial charge >= 0.3 is 0 Å². The van der Waals surface area contributed by atoms with Crippen molar-refractivity contribution in [3.05, 3.63) is 0 Å². The van der Waals surface area contributed by atoms with Crippen molar-refractivity contribution in [2.75, 3.05) is 0 Å². The molecule has 0 amide bonds. The number of hydrogen-bond donors (Lipinski definition) is 0. The quantitative estimate of drug-likeness (QED) is 0.606. The molecule has 0 aliphatic carbocycles. The lowest BCUT2D eigenvalue weighted by atomic mass is 9.77. The molecule has 0 aliphatic heterocycles. The molecule has 0 aromatic heterocycles. The number of unbranched alkanes of at least 4 members (excludes halogenated alkanes) is 1. The summed E-state index contributed by atoms with van der Waals surface area (Å²) in [5.74, 6) is -0.0364. The predicted octanol–water partition coefficient (Wildman–Crippen LogP) is 3.60. The maximum Gasteiger partial charge on any atom is 0.224 e. The van der Waals surface area contributed by atoms with Crippen molar-refractivity contribution in [1.82, 2.24) is 0 Å². The Hall–Kier alpha value is -0.0400. The zero-order valence-electron chi connectivity index (χ0n) is 8.48. The van der Waals surface area contributed by atoms with Gasteiger partial charge in [0.05, 0.1) is 0 Å². The highest BCUT2D eigenvalue weighted by molar-refractivity contribution is 6.64. The van der Waals surface area contributed by atoms with Crippen LogP contribution in [0.4, 0.5) is 0 Å². The van der Waals surface area contributed by atoms with Crippen LogP contribution < -0.4 is 0 Å². The fourth-order valence-corrected chi connectivity index (χ4v) is 1.45. The molecule has 0 aliphatic rings. The van der Waals surface area contributed by atoms with E-state index in [0.29, 0.717) is 0 Å². The van der Waals surface area contributed by atoms with Gasteiger partial charge in [-0.05, 0) is 23.4 Å². The molecular formula is C10H19ClO. The van der Waals surface area contributed by atoms with Gasteiger partial charge in [-0.25, -0.2) is 0 Å². The fourth-order valence-electron chi connectivity index (χ4n) is 1.16. The summed E-state index contributed by atoms with van der Waals surface area (Å²) in [6.07, 6.45) is 3.41. The first kappa shape index (κ1) is 12.0. The number of hydrogen-bond acceptors (Lipinski definition) is 1. The second-order valence-electron chi connectivity index (χ2n) is 4.12. The van der Waals surface area contributed by atoms with Gasteiger partial charge in [0.1, 0.15) is 0 Å². The average Bonchev–Trinajstić information content (AvgIpc) is 1.99. The topological polar surface area (TPSA) is 17.1 Å². The van der Waals surface area contributed by atoms with Crippen molar-refractivity contribution in [1.29, 1.82) is 0 Å². The lowest BCUT2D eigenvalue weighted by molar-refractivity contribution is -0.117. The summed E-state index contributed by atoms with van der Waals surface area (Å²) in [5.41, 5.74) is 0.0504. The van der Waals surface area contributed by atoms with Crippen LogP contribution in [0.25, 0.3) is 0 Å². The summed E-state index contributed by atoms with van der Waals surface area (Å²) in [5, 5.41) is -0.212. The second-order valence-corrected chi connectivity index (χ2v) is 4.49. The van der Waals surface area contributed by atoms with Gasteiger partial charge in [0.2, 0.25) is 5.24 Å². The standard InChI is InChI=1S/C10H19ClO/c1-5-6-7-10(3,4)8(2)9(11)12/h8H,5-7H2,1-4H3. The van der Waals surface area contributed by atoms with Crippen LogP contribution in [0.2, 0.25) is 0 Å². The van der Waals surface area contributed by atoms with Gasteiger partial charge in [0.25, 0.3) is 0 Å². The van der Waals surface area contributed by atoms with Crippen molar-refractivity contribution in [2.24, 2.45) is 11.3 Å². The van der Waals surface area contributed by atoms with Crippen molar-refractivity contribution in [2.45, 2.75) is 47.0 Å². The summed E-state index contributed by atoms with van der Waals surface area (Å²) < 4.78 is 0. The fraction of sp³-hybridized carbons (Fsp3) is 0.900. The van der Waals surface area contributed by atoms with Gasteiger partial charge in [-0.2, -0.15) is 0 Å². The summed E-state index contributed by atoms with van der Waals surface area (Å²) in [6, 6.07) is 0. The third-order valence-corrected chi connectivity index (χ3v) is 3.01. The summed E-state index contributed by atoms with van der Waals surface area (Å²) in [6.45, 7) is 8.27. The minimum atomic E-state index is -0.212. The van der Waals surface area contributed by atoms with Gasteiger partial charge in [0, 0.05) is 5.92 Å². The Labute approximate surface area is 80.5 Å². The average molecular weight is 191 g/mol. The molecule has 0 rings (SSSR count). The molecule has 0 N–H and O–H groups in total. The SMILES string of the molecule is CCCCC(C)(C)C(C)C(=O)Cl. The molecule has 0 aromatic rings. The van der Waals surface area contributed by atoms with Crippen molar-refractivity contribution < 1.29 is 4.79 Å². The zero-order valence-corrected chi connectivity index (χ0v) is 9.24. The Bertz CT molecular complexity index is 152. The van der Waals surface area contributed by atoms with E-state index in [0.717, 1.165) is 6.42 Å². The molecule has 0 fully saturated rings. The van der Waals surface area contributed by atoms with Crippen LogP contribution in [-0.2, 0) is 4.79 Å². The van der Waals surface area contributed by atoms with E-state index in [1.165, 1.54) is 12.8 Å². The van der Waals surface area contributed by atoms with Crippen molar-refractivity contribution in [3.63, 3.8) is 0 Å². The van der Waals surface area contributed by atoms with Crippen molar-refractivity contribution in [3.8, 4) is 0 Å². The van der Waals surface area contributed by atoms with Crippen LogP contribution in [0.1, 0.15) is 47.0 Å². The Morgan fingerprint density at radius 3 is 2.33 bits per heavy atom. The van der Waals surface area contributed by atoms with E-state index in [2.05, 4.69) is 20.8 Å². The molecule has 0 spiro atoms. The summed E-state index contributed by atoms with van der Waals surface area (Å²) in [7, 11) is 0. The number of rotatable bonds is 5. The van der Waals surface area contributed by atoms with Gasteiger partial charge in [-0.1, -0.05) is 40.5 Å². The molecule has 0 saturated carbocycles. The third-order valence-electron chi connectivity index (χ3n) is 2.69. The van der Waals surface area contributed by atoms with Gasteiger partial charge in [-0.3, -0.25) is 4.79 Å². The van der Waals surface area contributed by atoms with Crippen LogP contribution in [0, 0.1) is 11.3 Å². The highest BCUT2D eigenvalue weighted by Gasteiger charge is 2.29. The smallest absolute Gasteiger partial charge is 0.224 e.